The van der Waals surface area contributed by atoms with Gasteiger partial charge in [-0.15, -0.1) is 22.9 Å². The fourth-order valence-electron chi connectivity index (χ4n) is 2.01. The smallest absolute Gasteiger partial charge is 0.261 e. The molecule has 1 N–H and O–H groups in total. The van der Waals surface area contributed by atoms with E-state index in [4.69, 9.17) is 27.9 Å². The van der Waals surface area contributed by atoms with E-state index in [-0.39, 0.29) is 5.91 Å². The van der Waals surface area contributed by atoms with E-state index in [2.05, 4.69) is 10.3 Å². The second-order valence-corrected chi connectivity index (χ2v) is 6.56. The van der Waals surface area contributed by atoms with E-state index in [9.17, 15) is 4.79 Å². The summed E-state index contributed by atoms with van der Waals surface area (Å²) in [6, 6.07) is 8.87. The van der Waals surface area contributed by atoms with Crippen LogP contribution < -0.4 is 10.1 Å². The van der Waals surface area contributed by atoms with E-state index in [1.54, 1.807) is 42.7 Å². The number of pyridine rings is 1. The minimum atomic E-state index is -0.149. The molecule has 4 nitrogen and oxygen atoms in total. The number of nitrogens with zero attached hydrogens (tertiary/aromatic N) is 1. The van der Waals surface area contributed by atoms with E-state index in [0.29, 0.717) is 33.8 Å². The first-order valence-corrected chi connectivity index (χ1v) is 8.55. The zero-order chi connectivity index (χ0) is 16.2. The van der Waals surface area contributed by atoms with Crippen LogP contribution in [-0.2, 0) is 0 Å². The van der Waals surface area contributed by atoms with Crippen LogP contribution in [0.2, 0.25) is 5.02 Å². The average Bonchev–Trinajstić information content (AvgIpc) is 3.00. The van der Waals surface area contributed by atoms with Crippen molar-refractivity contribution >= 4 is 50.5 Å². The van der Waals surface area contributed by atoms with Gasteiger partial charge in [-0.2, -0.15) is 0 Å². The van der Waals surface area contributed by atoms with Crippen molar-refractivity contribution < 1.29 is 9.53 Å². The standard InChI is InChI=1S/C16H12Cl2N2O2S/c17-5-6-20-16(21)14-7-12-13(8-19-9-15(12)23-14)22-11-3-1-10(18)2-4-11/h1-4,7-9H,5-6H2,(H,20,21). The normalized spacial score (nSPS) is 10.7. The van der Waals surface area contributed by atoms with Crippen molar-refractivity contribution in [1.82, 2.24) is 10.3 Å². The van der Waals surface area contributed by atoms with E-state index in [1.165, 1.54) is 11.3 Å². The molecule has 0 aliphatic rings. The number of benzene rings is 1. The molecule has 0 aliphatic heterocycles. The highest BCUT2D eigenvalue weighted by Crippen LogP contribution is 2.34. The van der Waals surface area contributed by atoms with Gasteiger partial charge in [-0.05, 0) is 30.3 Å². The quantitative estimate of drug-likeness (QED) is 0.665. The van der Waals surface area contributed by atoms with Gasteiger partial charge in [0, 0.05) is 29.0 Å². The van der Waals surface area contributed by atoms with Crippen LogP contribution in [-0.4, -0.2) is 23.3 Å². The Hall–Kier alpha value is -1.82. The summed E-state index contributed by atoms with van der Waals surface area (Å²) >= 11 is 12.8. The Labute approximate surface area is 147 Å². The van der Waals surface area contributed by atoms with Gasteiger partial charge in [-0.3, -0.25) is 9.78 Å². The first-order chi connectivity index (χ1) is 11.2. The molecule has 0 bridgehead atoms. The Morgan fingerprint density at radius 2 is 2.04 bits per heavy atom. The number of halogens is 2. The van der Waals surface area contributed by atoms with Gasteiger partial charge in [0.2, 0.25) is 0 Å². The lowest BCUT2D eigenvalue weighted by atomic mass is 10.2. The fourth-order valence-corrected chi connectivity index (χ4v) is 3.19. The summed E-state index contributed by atoms with van der Waals surface area (Å²) in [4.78, 5) is 16.8. The number of thiophene rings is 1. The lowest BCUT2D eigenvalue weighted by molar-refractivity contribution is 0.0960. The molecule has 0 aliphatic carbocycles. The van der Waals surface area contributed by atoms with E-state index in [0.717, 1.165) is 10.1 Å². The number of alkyl halides is 1. The monoisotopic (exact) mass is 366 g/mol. The second kappa shape index (κ2) is 7.17. The van der Waals surface area contributed by atoms with Crippen molar-refractivity contribution in [2.45, 2.75) is 0 Å². The van der Waals surface area contributed by atoms with Crippen LogP contribution in [0.5, 0.6) is 11.5 Å². The van der Waals surface area contributed by atoms with Crippen molar-refractivity contribution in [3.63, 3.8) is 0 Å². The van der Waals surface area contributed by atoms with Crippen LogP contribution in [0.3, 0.4) is 0 Å². The molecule has 23 heavy (non-hydrogen) atoms. The molecule has 0 atom stereocenters. The van der Waals surface area contributed by atoms with Crippen molar-refractivity contribution in [2.24, 2.45) is 0 Å². The van der Waals surface area contributed by atoms with Gasteiger partial charge in [0.1, 0.15) is 5.75 Å². The van der Waals surface area contributed by atoms with Gasteiger partial charge in [0.15, 0.2) is 5.75 Å². The summed E-state index contributed by atoms with van der Waals surface area (Å²) in [6.45, 7) is 0.432. The maximum Gasteiger partial charge on any atom is 0.261 e. The van der Waals surface area contributed by atoms with Crippen LogP contribution in [0.15, 0.2) is 42.7 Å². The number of ether oxygens (including phenoxy) is 1. The number of hydrogen-bond donors (Lipinski definition) is 1. The van der Waals surface area contributed by atoms with Gasteiger partial charge in [0.05, 0.1) is 15.8 Å². The Bertz CT molecular complexity index is 834. The number of carbonyl (C=O) groups is 1. The van der Waals surface area contributed by atoms with Crippen LogP contribution in [0.4, 0.5) is 0 Å². The van der Waals surface area contributed by atoms with Crippen molar-refractivity contribution in [2.75, 3.05) is 12.4 Å². The molecule has 0 radical (unpaired) electrons. The van der Waals surface area contributed by atoms with Gasteiger partial charge < -0.3 is 10.1 Å². The molecular weight excluding hydrogens is 355 g/mol. The van der Waals surface area contributed by atoms with Crippen LogP contribution in [0, 0.1) is 0 Å². The number of rotatable bonds is 5. The molecule has 2 heterocycles. The summed E-state index contributed by atoms with van der Waals surface area (Å²) in [5, 5.41) is 4.23. The lowest BCUT2D eigenvalue weighted by Crippen LogP contribution is -2.24. The minimum absolute atomic E-state index is 0.149. The highest BCUT2D eigenvalue weighted by Gasteiger charge is 2.13. The SMILES string of the molecule is O=C(NCCCl)c1cc2c(Oc3ccc(Cl)cc3)cncc2s1. The molecule has 7 heteroatoms. The molecule has 1 amide bonds. The third-order valence-corrected chi connectivity index (χ3v) is 4.56. The zero-order valence-electron chi connectivity index (χ0n) is 11.9. The lowest BCUT2D eigenvalue weighted by Gasteiger charge is -2.06. The van der Waals surface area contributed by atoms with Gasteiger partial charge in [-0.25, -0.2) is 0 Å². The fraction of sp³-hybridized carbons (Fsp3) is 0.125. The highest BCUT2D eigenvalue weighted by molar-refractivity contribution is 7.20. The van der Waals surface area contributed by atoms with E-state index < -0.39 is 0 Å². The number of nitrogens with one attached hydrogen (secondary N) is 1. The first-order valence-electron chi connectivity index (χ1n) is 6.82. The number of carbonyl (C=O) groups excluding carboxylic acids is 1. The molecule has 3 aromatic rings. The van der Waals surface area contributed by atoms with Crippen molar-refractivity contribution in [3.05, 3.63) is 52.6 Å². The molecule has 0 unspecified atom stereocenters. The molecule has 1 aromatic carbocycles. The molecule has 2 aromatic heterocycles. The van der Waals surface area contributed by atoms with Crippen LogP contribution in [0.1, 0.15) is 9.67 Å². The molecular formula is C16H12Cl2N2O2S. The summed E-state index contributed by atoms with van der Waals surface area (Å²) in [5.41, 5.74) is 0. The van der Waals surface area contributed by atoms with Gasteiger partial charge in [-0.1, -0.05) is 11.6 Å². The van der Waals surface area contributed by atoms with Crippen LogP contribution in [0.25, 0.3) is 10.1 Å². The Morgan fingerprint density at radius 3 is 2.78 bits per heavy atom. The first kappa shape index (κ1) is 16.1. The Balaban J connectivity index is 1.90. The third kappa shape index (κ3) is 3.75. The summed E-state index contributed by atoms with van der Waals surface area (Å²) < 4.78 is 6.74. The molecule has 118 valence electrons. The average molecular weight is 367 g/mol. The largest absolute Gasteiger partial charge is 0.455 e. The number of aromatic nitrogens is 1. The number of hydrogen-bond acceptors (Lipinski definition) is 4. The minimum Gasteiger partial charge on any atom is -0.455 e. The maximum absolute atomic E-state index is 12.0. The molecule has 0 saturated heterocycles. The third-order valence-electron chi connectivity index (χ3n) is 3.06. The summed E-state index contributed by atoms with van der Waals surface area (Å²) in [5.74, 6) is 1.48. The predicted molar refractivity (Wildman–Crippen MR) is 94.2 cm³/mol. The Morgan fingerprint density at radius 1 is 1.26 bits per heavy atom. The topological polar surface area (TPSA) is 51.2 Å². The molecule has 0 spiro atoms. The number of amides is 1. The van der Waals surface area contributed by atoms with Gasteiger partial charge >= 0.3 is 0 Å². The second-order valence-electron chi connectivity index (χ2n) is 4.66. The molecule has 0 saturated carbocycles. The predicted octanol–water partition coefficient (Wildman–Crippen LogP) is 4.71. The molecule has 0 fully saturated rings. The zero-order valence-corrected chi connectivity index (χ0v) is 14.2. The highest BCUT2D eigenvalue weighted by atomic mass is 35.5. The molecule has 3 rings (SSSR count). The van der Waals surface area contributed by atoms with Crippen molar-refractivity contribution in [1.29, 1.82) is 0 Å². The summed E-state index contributed by atoms with van der Waals surface area (Å²) in [7, 11) is 0. The van der Waals surface area contributed by atoms with Gasteiger partial charge in [0.25, 0.3) is 5.91 Å². The van der Waals surface area contributed by atoms with Crippen molar-refractivity contribution in [3.8, 4) is 11.5 Å². The summed E-state index contributed by atoms with van der Waals surface area (Å²) in [6.07, 6.45) is 3.34. The van der Waals surface area contributed by atoms with Crippen LogP contribution >= 0.6 is 34.5 Å². The van der Waals surface area contributed by atoms with E-state index >= 15 is 0 Å². The van der Waals surface area contributed by atoms with E-state index in [1.807, 2.05) is 0 Å². The maximum atomic E-state index is 12.0. The Kier molecular flexibility index (Phi) is 5.00. The number of fused-ring (bicyclic) bond motifs is 1.